The van der Waals surface area contributed by atoms with Crippen LogP contribution in [0.25, 0.3) is 0 Å². The van der Waals surface area contributed by atoms with Crippen LogP contribution >= 0.6 is 12.4 Å². The first-order valence-corrected chi connectivity index (χ1v) is 6.80. The van der Waals surface area contributed by atoms with Crippen molar-refractivity contribution in [3.8, 4) is 0 Å². The first-order chi connectivity index (χ1) is 8.61. The van der Waals surface area contributed by atoms with Gasteiger partial charge in [0.2, 0.25) is 11.8 Å². The highest BCUT2D eigenvalue weighted by Crippen LogP contribution is 2.20. The highest BCUT2D eigenvalue weighted by molar-refractivity contribution is 5.88. The van der Waals surface area contributed by atoms with E-state index in [9.17, 15) is 9.59 Å². The van der Waals surface area contributed by atoms with Gasteiger partial charge in [-0.05, 0) is 26.3 Å². The summed E-state index contributed by atoms with van der Waals surface area (Å²) in [6.07, 6.45) is 3.12. The van der Waals surface area contributed by atoms with Crippen LogP contribution in [-0.2, 0) is 9.59 Å². The molecule has 0 bridgehead atoms. The van der Waals surface area contributed by atoms with Gasteiger partial charge >= 0.3 is 0 Å². The Kier molecular flexibility index (Phi) is 8.76. The summed E-state index contributed by atoms with van der Waals surface area (Å²) >= 11 is 0. The molecule has 0 saturated carbocycles. The summed E-state index contributed by atoms with van der Waals surface area (Å²) in [6.45, 7) is 4.18. The standard InChI is InChI=1S/C13H25N3O2.ClH/c1-4-6-12(17)16-9-5-7-11(16)13(18)15(3)10-8-14-2;/h11,14H,4-10H2,1-3H3;1H. The second-order valence-corrected chi connectivity index (χ2v) is 4.86. The first-order valence-electron chi connectivity index (χ1n) is 6.80. The molecule has 6 heteroatoms. The number of likely N-dealkylation sites (tertiary alicyclic amines) is 1. The lowest BCUT2D eigenvalue weighted by molar-refractivity contribution is -0.143. The third-order valence-corrected chi connectivity index (χ3v) is 3.40. The van der Waals surface area contributed by atoms with Crippen molar-refractivity contribution in [2.45, 2.75) is 38.6 Å². The Morgan fingerprint density at radius 1 is 1.42 bits per heavy atom. The number of likely N-dealkylation sites (N-methyl/N-ethyl adjacent to an activating group) is 2. The minimum Gasteiger partial charge on any atom is -0.343 e. The molecule has 112 valence electrons. The maximum absolute atomic E-state index is 12.3. The van der Waals surface area contributed by atoms with E-state index < -0.39 is 0 Å². The van der Waals surface area contributed by atoms with Gasteiger partial charge in [-0.1, -0.05) is 6.92 Å². The van der Waals surface area contributed by atoms with Gasteiger partial charge < -0.3 is 15.1 Å². The molecule has 19 heavy (non-hydrogen) atoms. The fourth-order valence-corrected chi connectivity index (χ4v) is 2.32. The van der Waals surface area contributed by atoms with E-state index in [1.807, 2.05) is 14.0 Å². The van der Waals surface area contributed by atoms with Gasteiger partial charge in [-0.2, -0.15) is 0 Å². The Bertz CT molecular complexity index is 300. The molecule has 1 N–H and O–H groups in total. The van der Waals surface area contributed by atoms with E-state index in [0.717, 1.165) is 32.4 Å². The first kappa shape index (κ1) is 18.2. The Balaban J connectivity index is 0.00000324. The number of amides is 2. The van der Waals surface area contributed by atoms with Crippen molar-refractivity contribution in [3.05, 3.63) is 0 Å². The second-order valence-electron chi connectivity index (χ2n) is 4.86. The molecule has 1 aliphatic heterocycles. The molecule has 1 saturated heterocycles. The molecule has 0 aromatic carbocycles. The normalized spacial score (nSPS) is 18.1. The quantitative estimate of drug-likeness (QED) is 0.790. The molecule has 0 aliphatic carbocycles. The zero-order chi connectivity index (χ0) is 13.5. The molecule has 0 spiro atoms. The van der Waals surface area contributed by atoms with Crippen molar-refractivity contribution in [3.63, 3.8) is 0 Å². The lowest BCUT2D eigenvalue weighted by atomic mass is 10.2. The summed E-state index contributed by atoms with van der Waals surface area (Å²) in [5.41, 5.74) is 0. The molecule has 1 unspecified atom stereocenters. The SMILES string of the molecule is CCCC(=O)N1CCCC1C(=O)N(C)CCNC.Cl. The fourth-order valence-electron chi connectivity index (χ4n) is 2.32. The molecule has 2 amide bonds. The average molecular weight is 292 g/mol. The van der Waals surface area contributed by atoms with Gasteiger partial charge in [0, 0.05) is 33.1 Å². The third-order valence-electron chi connectivity index (χ3n) is 3.40. The molecule has 1 fully saturated rings. The number of nitrogens with one attached hydrogen (secondary N) is 1. The summed E-state index contributed by atoms with van der Waals surface area (Å²) < 4.78 is 0. The Morgan fingerprint density at radius 3 is 2.68 bits per heavy atom. The molecule has 5 nitrogen and oxygen atoms in total. The van der Waals surface area contributed by atoms with Gasteiger partial charge in [0.25, 0.3) is 0 Å². The van der Waals surface area contributed by atoms with Crippen molar-refractivity contribution in [1.29, 1.82) is 0 Å². The van der Waals surface area contributed by atoms with E-state index in [1.54, 1.807) is 16.8 Å². The summed E-state index contributed by atoms with van der Waals surface area (Å²) in [5, 5.41) is 3.02. The topological polar surface area (TPSA) is 52.7 Å². The van der Waals surface area contributed by atoms with Crippen molar-refractivity contribution in [1.82, 2.24) is 15.1 Å². The molecular formula is C13H26ClN3O2. The number of hydrogen-bond donors (Lipinski definition) is 1. The van der Waals surface area contributed by atoms with Crippen molar-refractivity contribution in [2.75, 3.05) is 33.7 Å². The molecule has 0 radical (unpaired) electrons. The number of carbonyl (C=O) groups is 2. The van der Waals surface area contributed by atoms with Crippen LogP contribution in [-0.4, -0.2) is 61.4 Å². The summed E-state index contributed by atoms with van der Waals surface area (Å²) in [5.74, 6) is 0.197. The second kappa shape index (κ2) is 9.15. The molecule has 1 aliphatic rings. The Labute approximate surface area is 122 Å². The third kappa shape index (κ3) is 4.99. The lowest BCUT2D eigenvalue weighted by Gasteiger charge is -2.28. The number of carbonyl (C=O) groups excluding carboxylic acids is 2. The van der Waals surface area contributed by atoms with Gasteiger partial charge in [0.1, 0.15) is 6.04 Å². The van der Waals surface area contributed by atoms with E-state index >= 15 is 0 Å². The van der Waals surface area contributed by atoms with Gasteiger partial charge in [0.15, 0.2) is 0 Å². The fraction of sp³-hybridized carbons (Fsp3) is 0.846. The van der Waals surface area contributed by atoms with Crippen LogP contribution < -0.4 is 5.32 Å². The van der Waals surface area contributed by atoms with Gasteiger partial charge in [0.05, 0.1) is 0 Å². The van der Waals surface area contributed by atoms with Crippen LogP contribution in [0.15, 0.2) is 0 Å². The minimum atomic E-state index is -0.231. The number of hydrogen-bond acceptors (Lipinski definition) is 3. The van der Waals surface area contributed by atoms with Gasteiger partial charge in [-0.15, -0.1) is 12.4 Å². The summed E-state index contributed by atoms with van der Waals surface area (Å²) in [7, 11) is 3.67. The molecular weight excluding hydrogens is 266 g/mol. The molecule has 1 atom stereocenters. The van der Waals surface area contributed by atoms with Gasteiger partial charge in [-0.3, -0.25) is 9.59 Å². The Morgan fingerprint density at radius 2 is 2.11 bits per heavy atom. The number of halogens is 1. The molecule has 1 rings (SSSR count). The smallest absolute Gasteiger partial charge is 0.245 e. The van der Waals surface area contributed by atoms with Crippen LogP contribution in [0.2, 0.25) is 0 Å². The Hall–Kier alpha value is -0.810. The maximum Gasteiger partial charge on any atom is 0.245 e. The van der Waals surface area contributed by atoms with Crippen molar-refractivity contribution in [2.24, 2.45) is 0 Å². The highest BCUT2D eigenvalue weighted by atomic mass is 35.5. The summed E-state index contributed by atoms with van der Waals surface area (Å²) in [4.78, 5) is 27.7. The highest BCUT2D eigenvalue weighted by Gasteiger charge is 2.34. The predicted molar refractivity (Wildman–Crippen MR) is 78.5 cm³/mol. The summed E-state index contributed by atoms with van der Waals surface area (Å²) in [6, 6.07) is -0.231. The van der Waals surface area contributed by atoms with Crippen LogP contribution in [0.4, 0.5) is 0 Å². The molecule has 0 aromatic rings. The number of nitrogens with zero attached hydrogens (tertiary/aromatic N) is 2. The minimum absolute atomic E-state index is 0. The van der Waals surface area contributed by atoms with E-state index in [1.165, 1.54) is 0 Å². The van der Waals surface area contributed by atoms with E-state index in [0.29, 0.717) is 13.0 Å². The van der Waals surface area contributed by atoms with Crippen LogP contribution in [0, 0.1) is 0 Å². The average Bonchev–Trinajstić information content (AvgIpc) is 2.84. The van der Waals surface area contributed by atoms with E-state index in [2.05, 4.69) is 5.32 Å². The van der Waals surface area contributed by atoms with Gasteiger partial charge in [-0.25, -0.2) is 0 Å². The largest absolute Gasteiger partial charge is 0.343 e. The van der Waals surface area contributed by atoms with Crippen LogP contribution in [0.3, 0.4) is 0 Å². The predicted octanol–water partition coefficient (Wildman–Crippen LogP) is 0.877. The van der Waals surface area contributed by atoms with Crippen LogP contribution in [0.1, 0.15) is 32.6 Å². The monoisotopic (exact) mass is 291 g/mol. The lowest BCUT2D eigenvalue weighted by Crippen LogP contribution is -2.47. The zero-order valence-electron chi connectivity index (χ0n) is 12.1. The number of rotatable bonds is 6. The van der Waals surface area contributed by atoms with E-state index in [4.69, 9.17) is 0 Å². The molecule has 0 aromatic heterocycles. The van der Waals surface area contributed by atoms with E-state index in [-0.39, 0.29) is 30.3 Å². The van der Waals surface area contributed by atoms with Crippen molar-refractivity contribution >= 4 is 24.2 Å². The maximum atomic E-state index is 12.3. The molecule has 1 heterocycles. The van der Waals surface area contributed by atoms with Crippen molar-refractivity contribution < 1.29 is 9.59 Å². The van der Waals surface area contributed by atoms with Crippen LogP contribution in [0.5, 0.6) is 0 Å². The zero-order valence-corrected chi connectivity index (χ0v) is 13.0.